The summed E-state index contributed by atoms with van der Waals surface area (Å²) in [6, 6.07) is 27.6. The average Bonchev–Trinajstić information content (AvgIpc) is 3.01. The molecule has 7 nitrogen and oxygen atoms in total. The van der Waals surface area contributed by atoms with Crippen molar-refractivity contribution in [2.24, 2.45) is 0 Å². The van der Waals surface area contributed by atoms with Gasteiger partial charge in [0.2, 0.25) is 11.8 Å². The largest absolute Gasteiger partial charge is 0.354 e. The summed E-state index contributed by atoms with van der Waals surface area (Å²) in [4.78, 5) is 29.4. The van der Waals surface area contributed by atoms with E-state index in [0.29, 0.717) is 13.0 Å². The zero-order chi connectivity index (χ0) is 31.7. The van der Waals surface area contributed by atoms with Gasteiger partial charge < -0.3 is 10.2 Å². The molecule has 44 heavy (non-hydrogen) atoms. The highest BCUT2D eigenvalue weighted by Gasteiger charge is 2.35. The number of hydrogen-bond donors (Lipinski definition) is 1. The van der Waals surface area contributed by atoms with Crippen LogP contribution in [-0.2, 0) is 32.6 Å². The fraction of sp³-hybridized carbons (Fsp3) is 0.257. The molecule has 9 heteroatoms. The van der Waals surface area contributed by atoms with E-state index in [-0.39, 0.29) is 29.5 Å². The summed E-state index contributed by atoms with van der Waals surface area (Å²) in [6.45, 7) is 5.44. The van der Waals surface area contributed by atoms with Crippen molar-refractivity contribution in [3.63, 3.8) is 0 Å². The van der Waals surface area contributed by atoms with Gasteiger partial charge in [-0.15, -0.1) is 0 Å². The van der Waals surface area contributed by atoms with Crippen LogP contribution in [0.25, 0.3) is 0 Å². The van der Waals surface area contributed by atoms with Crippen molar-refractivity contribution in [3.8, 4) is 0 Å². The van der Waals surface area contributed by atoms with Crippen molar-refractivity contribution in [2.75, 3.05) is 17.4 Å². The molecule has 0 radical (unpaired) electrons. The number of hydrogen-bond acceptors (Lipinski definition) is 4. The highest BCUT2D eigenvalue weighted by atomic mass is 32.2. The summed E-state index contributed by atoms with van der Waals surface area (Å²) in [7, 11) is -4.38. The van der Waals surface area contributed by atoms with Crippen LogP contribution in [0, 0.1) is 19.7 Å². The van der Waals surface area contributed by atoms with E-state index in [1.54, 1.807) is 12.1 Å². The molecule has 2 amide bonds. The number of halogens is 1. The van der Waals surface area contributed by atoms with Crippen LogP contribution in [0.1, 0.15) is 35.6 Å². The Morgan fingerprint density at radius 2 is 1.48 bits per heavy atom. The zero-order valence-corrected chi connectivity index (χ0v) is 26.1. The van der Waals surface area contributed by atoms with Gasteiger partial charge in [0.25, 0.3) is 10.0 Å². The molecular formula is C35H38FN3O4S. The number of sulfonamides is 1. The predicted molar refractivity (Wildman–Crippen MR) is 171 cm³/mol. The fourth-order valence-corrected chi connectivity index (χ4v) is 6.35. The minimum atomic E-state index is -4.38. The molecule has 4 aromatic carbocycles. The first kappa shape index (κ1) is 32.4. The average molecular weight is 616 g/mol. The molecule has 0 spiro atoms. The maximum absolute atomic E-state index is 15.2. The van der Waals surface area contributed by atoms with Crippen molar-refractivity contribution in [2.45, 2.75) is 51.1 Å². The minimum Gasteiger partial charge on any atom is -0.354 e. The van der Waals surface area contributed by atoms with Gasteiger partial charge >= 0.3 is 0 Å². The summed E-state index contributed by atoms with van der Waals surface area (Å²) in [6.07, 6.45) is 0.907. The topological polar surface area (TPSA) is 86.8 Å². The van der Waals surface area contributed by atoms with Gasteiger partial charge in [-0.3, -0.25) is 13.9 Å². The number of nitrogens with zero attached hydrogens (tertiary/aromatic N) is 2. The van der Waals surface area contributed by atoms with Gasteiger partial charge in [-0.05, 0) is 55.7 Å². The lowest BCUT2D eigenvalue weighted by Gasteiger charge is -2.34. The molecule has 0 aliphatic carbocycles. The smallest absolute Gasteiger partial charge is 0.264 e. The van der Waals surface area contributed by atoms with Gasteiger partial charge in [-0.25, -0.2) is 12.8 Å². The molecular weight excluding hydrogens is 577 g/mol. The number of anilines is 1. The van der Waals surface area contributed by atoms with Gasteiger partial charge in [0.05, 0.1) is 10.6 Å². The minimum absolute atomic E-state index is 0.0489. The van der Waals surface area contributed by atoms with Gasteiger partial charge in [-0.2, -0.15) is 0 Å². The molecule has 4 rings (SSSR count). The van der Waals surface area contributed by atoms with Gasteiger partial charge in [-0.1, -0.05) is 96.9 Å². The Kier molecular flexibility index (Phi) is 10.9. The van der Waals surface area contributed by atoms with E-state index in [1.165, 1.54) is 35.2 Å². The normalized spacial score (nSPS) is 11.9. The molecule has 0 saturated heterocycles. The molecule has 230 valence electrons. The second-order valence-electron chi connectivity index (χ2n) is 10.8. The van der Waals surface area contributed by atoms with Gasteiger partial charge in [0.1, 0.15) is 18.4 Å². The molecule has 0 unspecified atom stereocenters. The van der Waals surface area contributed by atoms with E-state index in [1.807, 2.05) is 75.4 Å². The van der Waals surface area contributed by atoms with Crippen molar-refractivity contribution in [3.05, 3.63) is 131 Å². The lowest BCUT2D eigenvalue weighted by Crippen LogP contribution is -2.53. The van der Waals surface area contributed by atoms with E-state index < -0.39 is 34.3 Å². The van der Waals surface area contributed by atoms with E-state index in [4.69, 9.17) is 0 Å². The molecule has 0 aromatic heterocycles. The summed E-state index contributed by atoms with van der Waals surface area (Å²) in [5.41, 5.74) is 3.18. The van der Waals surface area contributed by atoms with Crippen molar-refractivity contribution in [1.29, 1.82) is 0 Å². The molecule has 4 aromatic rings. The highest BCUT2D eigenvalue weighted by molar-refractivity contribution is 7.92. The first-order chi connectivity index (χ1) is 21.1. The van der Waals surface area contributed by atoms with Crippen molar-refractivity contribution >= 4 is 27.5 Å². The number of nitrogens with one attached hydrogen (secondary N) is 1. The third-order valence-corrected chi connectivity index (χ3v) is 9.04. The van der Waals surface area contributed by atoms with E-state index in [2.05, 4.69) is 5.32 Å². The third kappa shape index (κ3) is 8.11. The van der Waals surface area contributed by atoms with Crippen LogP contribution in [0.3, 0.4) is 0 Å². The number of para-hydroxylation sites is 1. The quantitative estimate of drug-likeness (QED) is 0.206. The summed E-state index contributed by atoms with van der Waals surface area (Å²) < 4.78 is 44.0. The van der Waals surface area contributed by atoms with Crippen molar-refractivity contribution in [1.82, 2.24) is 10.2 Å². The second-order valence-corrected chi connectivity index (χ2v) is 12.6. The highest BCUT2D eigenvalue weighted by Crippen LogP contribution is 2.27. The number of benzene rings is 4. The Morgan fingerprint density at radius 3 is 2.14 bits per heavy atom. The Morgan fingerprint density at radius 1 is 0.818 bits per heavy atom. The summed E-state index contributed by atoms with van der Waals surface area (Å²) in [5.74, 6) is -1.78. The Labute approximate surface area is 259 Å². The van der Waals surface area contributed by atoms with E-state index >= 15 is 4.39 Å². The number of rotatable bonds is 13. The zero-order valence-electron chi connectivity index (χ0n) is 25.2. The Bertz CT molecular complexity index is 1680. The van der Waals surface area contributed by atoms with Crippen molar-refractivity contribution < 1.29 is 22.4 Å². The number of aryl methyl sites for hydroxylation is 2. The Balaban J connectivity index is 1.80. The van der Waals surface area contributed by atoms with Crippen LogP contribution in [0.5, 0.6) is 0 Å². The lowest BCUT2D eigenvalue weighted by atomic mass is 10.0. The monoisotopic (exact) mass is 615 g/mol. The summed E-state index contributed by atoms with van der Waals surface area (Å²) in [5, 5.41) is 2.92. The third-order valence-electron chi connectivity index (χ3n) is 7.26. The molecule has 1 atom stereocenters. The van der Waals surface area contributed by atoms with Gasteiger partial charge in [0, 0.05) is 19.5 Å². The molecule has 0 aliphatic heterocycles. The van der Waals surface area contributed by atoms with Crippen LogP contribution in [0.2, 0.25) is 0 Å². The number of amides is 2. The van der Waals surface area contributed by atoms with Gasteiger partial charge in [0.15, 0.2) is 0 Å². The molecule has 0 fully saturated rings. The predicted octanol–water partition coefficient (Wildman–Crippen LogP) is 5.80. The maximum atomic E-state index is 15.2. The molecule has 0 aliphatic rings. The molecule has 0 bridgehead atoms. The van der Waals surface area contributed by atoms with Crippen LogP contribution in [0.15, 0.2) is 108 Å². The number of carbonyl (C=O) groups excluding carboxylic acids is 2. The standard InChI is InChI=1S/C35H38FN3O4S/c1-4-21-37-35(41)33(23-28-12-6-5-7-13-28)38(24-29-14-10-11-27(3)22-29)34(40)25-39(32-16-9-8-15-31(32)36)44(42,43)30-19-17-26(2)18-20-30/h5-20,22,33H,4,21,23-25H2,1-3H3,(H,37,41)/t33-/m0/s1. The fourth-order valence-electron chi connectivity index (χ4n) is 4.93. The first-order valence-electron chi connectivity index (χ1n) is 14.6. The van der Waals surface area contributed by atoms with Crippen LogP contribution in [0.4, 0.5) is 10.1 Å². The Hall–Kier alpha value is -4.50. The molecule has 1 N–H and O–H groups in total. The first-order valence-corrected chi connectivity index (χ1v) is 16.0. The van der Waals surface area contributed by atoms with Crippen LogP contribution < -0.4 is 9.62 Å². The maximum Gasteiger partial charge on any atom is 0.264 e. The molecule has 0 heterocycles. The second kappa shape index (κ2) is 14.8. The molecule has 0 saturated carbocycles. The van der Waals surface area contributed by atoms with Crippen LogP contribution in [-0.4, -0.2) is 44.3 Å². The SMILES string of the molecule is CCCNC(=O)[C@H](Cc1ccccc1)N(Cc1cccc(C)c1)C(=O)CN(c1ccccc1F)S(=O)(=O)c1ccc(C)cc1. The van der Waals surface area contributed by atoms with E-state index in [9.17, 15) is 18.0 Å². The lowest BCUT2D eigenvalue weighted by molar-refractivity contribution is -0.140. The summed E-state index contributed by atoms with van der Waals surface area (Å²) >= 11 is 0. The number of carbonyl (C=O) groups is 2. The van der Waals surface area contributed by atoms with E-state index in [0.717, 1.165) is 32.6 Å². The van der Waals surface area contributed by atoms with Crippen LogP contribution >= 0.6 is 0 Å².